The molecule has 4 heteroatoms. The van der Waals surface area contributed by atoms with Crippen LogP contribution in [0.5, 0.6) is 0 Å². The Morgan fingerprint density at radius 2 is 1.14 bits per heavy atom. The Bertz CT molecular complexity index is 2000. The Morgan fingerprint density at radius 3 is 1.88 bits per heavy atom. The number of aliphatic imine (C=N–C) groups is 2. The van der Waals surface area contributed by atoms with E-state index in [0.29, 0.717) is 11.4 Å². The molecule has 7 rings (SSSR count). The molecule has 0 aromatic heterocycles. The number of benzene rings is 6. The van der Waals surface area contributed by atoms with Gasteiger partial charge in [0.25, 0.3) is 0 Å². The minimum Gasteiger partial charge on any atom is -0.344 e. The Labute approximate surface area is 245 Å². The van der Waals surface area contributed by atoms with Gasteiger partial charge in [0.05, 0.1) is 11.6 Å². The van der Waals surface area contributed by atoms with Gasteiger partial charge in [-0.1, -0.05) is 133 Å². The van der Waals surface area contributed by atoms with E-state index in [0.717, 1.165) is 55.6 Å². The summed E-state index contributed by atoms with van der Waals surface area (Å²) in [5, 5.41) is 15.2. The highest BCUT2D eigenvalue weighted by Gasteiger charge is 2.23. The molecule has 0 amide bonds. The largest absolute Gasteiger partial charge is 0.344 e. The summed E-state index contributed by atoms with van der Waals surface area (Å²) in [5.74, 6) is 1.51. The van der Waals surface area contributed by atoms with Crippen molar-refractivity contribution in [2.24, 2.45) is 9.98 Å². The molecule has 6 aromatic carbocycles. The van der Waals surface area contributed by atoms with Gasteiger partial charge in [0, 0.05) is 16.7 Å². The maximum Gasteiger partial charge on any atom is 0.159 e. The quantitative estimate of drug-likeness (QED) is 0.239. The lowest BCUT2D eigenvalue weighted by molar-refractivity contribution is 0.679. The number of hydrogen-bond acceptors (Lipinski definition) is 4. The molecule has 1 heterocycles. The lowest BCUT2D eigenvalue weighted by Gasteiger charge is -2.25. The van der Waals surface area contributed by atoms with Crippen molar-refractivity contribution in [3.8, 4) is 28.3 Å². The van der Waals surface area contributed by atoms with Gasteiger partial charge in [0.2, 0.25) is 0 Å². The molecule has 0 saturated heterocycles. The summed E-state index contributed by atoms with van der Waals surface area (Å²) in [6, 6.07) is 51.7. The highest BCUT2D eigenvalue weighted by molar-refractivity contribution is 6.13. The monoisotopic (exact) mass is 538 g/mol. The highest BCUT2D eigenvalue weighted by Crippen LogP contribution is 2.38. The van der Waals surface area contributed by atoms with Crippen molar-refractivity contribution in [3.63, 3.8) is 0 Å². The van der Waals surface area contributed by atoms with Crippen molar-refractivity contribution in [3.05, 3.63) is 168 Å². The molecule has 6 aromatic rings. The Morgan fingerprint density at radius 1 is 0.524 bits per heavy atom. The van der Waals surface area contributed by atoms with Crippen LogP contribution in [-0.2, 0) is 0 Å². The smallest absolute Gasteiger partial charge is 0.159 e. The molecule has 1 atom stereocenters. The third-order valence-electron chi connectivity index (χ3n) is 7.61. The second kappa shape index (κ2) is 11.0. The summed E-state index contributed by atoms with van der Waals surface area (Å²) in [6.45, 7) is 0. The SMILES string of the molecule is N#Cc1ccc(-c2ccccc2-c2cccc3c(C4N=C(c5ccccc5)N=C(c5ccccc5)N4)cccc23)cc1. The lowest BCUT2D eigenvalue weighted by Crippen LogP contribution is -2.33. The van der Waals surface area contributed by atoms with Gasteiger partial charge in [-0.3, -0.25) is 0 Å². The van der Waals surface area contributed by atoms with Crippen LogP contribution in [0.15, 0.2) is 156 Å². The molecule has 0 spiro atoms. The average molecular weight is 539 g/mol. The second-order valence-corrected chi connectivity index (χ2v) is 10.2. The third-order valence-corrected chi connectivity index (χ3v) is 7.61. The second-order valence-electron chi connectivity index (χ2n) is 10.2. The number of amidine groups is 2. The molecule has 1 aliphatic rings. The fourth-order valence-corrected chi connectivity index (χ4v) is 5.57. The molecule has 4 nitrogen and oxygen atoms in total. The van der Waals surface area contributed by atoms with Gasteiger partial charge in [-0.05, 0) is 45.2 Å². The molecular weight excluding hydrogens is 512 g/mol. The summed E-state index contributed by atoms with van der Waals surface area (Å²) >= 11 is 0. The first-order chi connectivity index (χ1) is 20.8. The average Bonchev–Trinajstić information content (AvgIpc) is 3.08. The van der Waals surface area contributed by atoms with E-state index in [4.69, 9.17) is 9.98 Å². The summed E-state index contributed by atoms with van der Waals surface area (Å²) < 4.78 is 0. The molecule has 42 heavy (non-hydrogen) atoms. The standard InChI is InChI=1S/C38H26N4/c39-25-26-21-23-27(24-22-26)30-15-7-8-16-31(30)32-17-9-19-34-33(32)18-10-20-35(34)38-41-36(28-11-3-1-4-12-28)40-37(42-38)29-13-5-2-6-14-29/h1-24,38H,(H,40,41,42). The molecule has 0 bridgehead atoms. The van der Waals surface area contributed by atoms with Crippen LogP contribution in [0, 0.1) is 11.3 Å². The van der Waals surface area contributed by atoms with Crippen molar-refractivity contribution in [1.82, 2.24) is 5.32 Å². The van der Waals surface area contributed by atoms with Crippen molar-refractivity contribution in [2.45, 2.75) is 6.17 Å². The number of nitrogens with one attached hydrogen (secondary N) is 1. The molecular formula is C38H26N4. The van der Waals surface area contributed by atoms with Gasteiger partial charge >= 0.3 is 0 Å². The minimum atomic E-state index is -0.319. The number of rotatable bonds is 5. The van der Waals surface area contributed by atoms with E-state index in [9.17, 15) is 5.26 Å². The normalized spacial score (nSPS) is 14.4. The number of nitrogens with zero attached hydrogens (tertiary/aromatic N) is 3. The van der Waals surface area contributed by atoms with Gasteiger partial charge in [0.1, 0.15) is 12.0 Å². The number of fused-ring (bicyclic) bond motifs is 1. The predicted molar refractivity (Wildman–Crippen MR) is 171 cm³/mol. The van der Waals surface area contributed by atoms with Crippen LogP contribution in [-0.4, -0.2) is 11.7 Å². The van der Waals surface area contributed by atoms with Crippen molar-refractivity contribution in [1.29, 1.82) is 5.26 Å². The van der Waals surface area contributed by atoms with Crippen LogP contribution < -0.4 is 5.32 Å². The summed E-state index contributed by atoms with van der Waals surface area (Å²) in [7, 11) is 0. The van der Waals surface area contributed by atoms with Gasteiger partial charge in [-0.2, -0.15) is 5.26 Å². The fourth-order valence-electron chi connectivity index (χ4n) is 5.57. The molecule has 1 N–H and O–H groups in total. The van der Waals surface area contributed by atoms with E-state index in [-0.39, 0.29) is 6.17 Å². The lowest BCUT2D eigenvalue weighted by atomic mass is 9.90. The maximum atomic E-state index is 9.27. The molecule has 0 fully saturated rings. The zero-order valence-electron chi connectivity index (χ0n) is 22.8. The van der Waals surface area contributed by atoms with E-state index in [1.165, 1.54) is 0 Å². The first-order valence-corrected chi connectivity index (χ1v) is 13.9. The first-order valence-electron chi connectivity index (χ1n) is 13.9. The minimum absolute atomic E-state index is 0.319. The van der Waals surface area contributed by atoms with Crippen molar-refractivity contribution >= 4 is 22.4 Å². The van der Waals surface area contributed by atoms with Crippen LogP contribution in [0.1, 0.15) is 28.4 Å². The van der Waals surface area contributed by atoms with Crippen molar-refractivity contribution < 1.29 is 0 Å². The number of hydrogen-bond donors (Lipinski definition) is 1. The van der Waals surface area contributed by atoms with Crippen LogP contribution in [0.25, 0.3) is 33.0 Å². The maximum absolute atomic E-state index is 9.27. The van der Waals surface area contributed by atoms with Gasteiger partial charge < -0.3 is 5.32 Å². The van der Waals surface area contributed by atoms with Crippen molar-refractivity contribution in [2.75, 3.05) is 0 Å². The zero-order chi connectivity index (χ0) is 28.3. The Balaban J connectivity index is 1.36. The van der Waals surface area contributed by atoms with Crippen LogP contribution in [0.2, 0.25) is 0 Å². The zero-order valence-corrected chi connectivity index (χ0v) is 22.8. The Kier molecular flexibility index (Phi) is 6.60. The first kappa shape index (κ1) is 25.2. The highest BCUT2D eigenvalue weighted by atomic mass is 15.2. The summed E-state index contributed by atoms with van der Waals surface area (Å²) in [4.78, 5) is 10.1. The molecule has 0 radical (unpaired) electrons. The van der Waals surface area contributed by atoms with Crippen LogP contribution >= 0.6 is 0 Å². The number of nitriles is 1. The van der Waals surface area contributed by atoms with Gasteiger partial charge in [-0.15, -0.1) is 0 Å². The Hall–Kier alpha value is -5.79. The van der Waals surface area contributed by atoms with E-state index >= 15 is 0 Å². The van der Waals surface area contributed by atoms with Gasteiger partial charge in [-0.25, -0.2) is 9.98 Å². The molecule has 0 aliphatic carbocycles. The third kappa shape index (κ3) is 4.74. The van der Waals surface area contributed by atoms with E-state index in [1.54, 1.807) is 0 Å². The molecule has 1 unspecified atom stereocenters. The predicted octanol–water partition coefficient (Wildman–Crippen LogP) is 8.54. The van der Waals surface area contributed by atoms with Crippen LogP contribution in [0.4, 0.5) is 0 Å². The van der Waals surface area contributed by atoms with E-state index in [1.807, 2.05) is 60.7 Å². The van der Waals surface area contributed by atoms with E-state index in [2.05, 4.69) is 96.3 Å². The fraction of sp³-hybridized carbons (Fsp3) is 0.0263. The topological polar surface area (TPSA) is 60.5 Å². The van der Waals surface area contributed by atoms with Gasteiger partial charge in [0.15, 0.2) is 5.84 Å². The molecule has 0 saturated carbocycles. The van der Waals surface area contributed by atoms with E-state index < -0.39 is 0 Å². The summed E-state index contributed by atoms with van der Waals surface area (Å²) in [6.07, 6.45) is -0.319. The molecule has 198 valence electrons. The van der Waals surface area contributed by atoms with Crippen LogP contribution in [0.3, 0.4) is 0 Å². The molecule has 1 aliphatic heterocycles. The summed E-state index contributed by atoms with van der Waals surface area (Å²) in [5.41, 5.74) is 8.22.